The molecule has 5 nitrogen and oxygen atoms in total. The van der Waals surface area contributed by atoms with Crippen molar-refractivity contribution in [3.63, 3.8) is 0 Å². The maximum Gasteiger partial charge on any atom is 0.272 e. The van der Waals surface area contributed by atoms with Gasteiger partial charge in [0, 0.05) is 19.5 Å². The van der Waals surface area contributed by atoms with Crippen LogP contribution in [-0.4, -0.2) is 29.5 Å². The molecule has 0 aliphatic rings. The van der Waals surface area contributed by atoms with Gasteiger partial charge in [-0.05, 0) is 11.8 Å². The molecule has 0 spiro atoms. The van der Waals surface area contributed by atoms with Crippen LogP contribution in [0.25, 0.3) is 0 Å². The van der Waals surface area contributed by atoms with Crippen LogP contribution in [0.3, 0.4) is 0 Å². The van der Waals surface area contributed by atoms with E-state index in [2.05, 4.69) is 41.4 Å². The molecule has 1 heterocycles. The Morgan fingerprint density at radius 3 is 2.50 bits per heavy atom. The summed E-state index contributed by atoms with van der Waals surface area (Å²) in [6.45, 7) is 11.1. The van der Waals surface area contributed by atoms with Crippen LogP contribution in [0, 0.1) is 5.41 Å². The summed E-state index contributed by atoms with van der Waals surface area (Å²) in [5.41, 5.74) is 1.27. The Morgan fingerprint density at radius 1 is 1.35 bits per heavy atom. The average molecular weight is 278 g/mol. The Morgan fingerprint density at radius 2 is 2.00 bits per heavy atom. The van der Waals surface area contributed by atoms with Crippen LogP contribution in [-0.2, 0) is 0 Å². The van der Waals surface area contributed by atoms with E-state index in [9.17, 15) is 4.79 Å². The number of hydrogen-bond acceptors (Lipinski definition) is 4. The van der Waals surface area contributed by atoms with Crippen molar-refractivity contribution in [3.05, 3.63) is 17.7 Å². The average Bonchev–Trinajstić information content (AvgIpc) is 2.36. The minimum absolute atomic E-state index is 0.150. The highest BCUT2D eigenvalue weighted by Crippen LogP contribution is 2.18. The van der Waals surface area contributed by atoms with E-state index in [1.807, 2.05) is 13.8 Å². The first kappa shape index (κ1) is 16.4. The van der Waals surface area contributed by atoms with Gasteiger partial charge in [0.1, 0.15) is 5.82 Å². The zero-order valence-electron chi connectivity index (χ0n) is 13.4. The molecule has 0 aromatic carbocycles. The maximum atomic E-state index is 12.2. The van der Waals surface area contributed by atoms with Gasteiger partial charge in [-0.15, -0.1) is 0 Å². The van der Waals surface area contributed by atoms with Crippen molar-refractivity contribution in [1.82, 2.24) is 15.3 Å². The van der Waals surface area contributed by atoms with Crippen molar-refractivity contribution in [2.24, 2.45) is 5.41 Å². The maximum absolute atomic E-state index is 12.2. The summed E-state index contributed by atoms with van der Waals surface area (Å²) in [5, 5.41) is 5.89. The summed E-state index contributed by atoms with van der Waals surface area (Å²) in [7, 11) is 1.76. The summed E-state index contributed by atoms with van der Waals surface area (Å²) < 4.78 is 0. The third-order valence-corrected chi connectivity index (χ3v) is 2.97. The SMILES string of the molecule is CNc1cnc(C(C)C)nc1C(=O)NCCC(C)(C)C. The van der Waals surface area contributed by atoms with Crippen molar-refractivity contribution < 1.29 is 4.79 Å². The van der Waals surface area contributed by atoms with Gasteiger partial charge in [0.25, 0.3) is 5.91 Å². The molecule has 1 rings (SSSR count). The minimum atomic E-state index is -0.150. The molecule has 5 heteroatoms. The molecule has 2 N–H and O–H groups in total. The molecule has 0 fully saturated rings. The summed E-state index contributed by atoms with van der Waals surface area (Å²) in [6, 6.07) is 0. The quantitative estimate of drug-likeness (QED) is 0.869. The van der Waals surface area contributed by atoms with Crippen LogP contribution < -0.4 is 10.6 Å². The topological polar surface area (TPSA) is 66.9 Å². The summed E-state index contributed by atoms with van der Waals surface area (Å²) in [5.74, 6) is 0.731. The van der Waals surface area contributed by atoms with Gasteiger partial charge in [0.05, 0.1) is 11.9 Å². The van der Waals surface area contributed by atoms with Crippen LogP contribution >= 0.6 is 0 Å². The van der Waals surface area contributed by atoms with E-state index in [4.69, 9.17) is 0 Å². The monoisotopic (exact) mass is 278 g/mol. The Bertz CT molecular complexity index is 463. The molecule has 20 heavy (non-hydrogen) atoms. The van der Waals surface area contributed by atoms with Crippen molar-refractivity contribution in [2.45, 2.75) is 47.0 Å². The lowest BCUT2D eigenvalue weighted by atomic mass is 9.92. The van der Waals surface area contributed by atoms with Crippen LogP contribution in [0.15, 0.2) is 6.20 Å². The second-order valence-corrected chi connectivity index (χ2v) is 6.46. The number of nitrogens with one attached hydrogen (secondary N) is 2. The number of carbonyl (C=O) groups excluding carboxylic acids is 1. The molecule has 1 amide bonds. The fourth-order valence-electron chi connectivity index (χ4n) is 1.66. The van der Waals surface area contributed by atoms with Crippen LogP contribution in [0.1, 0.15) is 63.3 Å². The summed E-state index contributed by atoms with van der Waals surface area (Å²) in [4.78, 5) is 20.9. The second-order valence-electron chi connectivity index (χ2n) is 6.46. The van der Waals surface area contributed by atoms with Crippen LogP contribution in [0.2, 0.25) is 0 Å². The first-order valence-corrected chi connectivity index (χ1v) is 7.07. The molecule has 0 radical (unpaired) electrons. The molecule has 112 valence electrons. The van der Waals surface area contributed by atoms with Gasteiger partial charge in [-0.2, -0.15) is 0 Å². The van der Waals surface area contributed by atoms with E-state index in [1.165, 1.54) is 0 Å². The highest BCUT2D eigenvalue weighted by molar-refractivity contribution is 5.97. The Labute approximate surface area is 121 Å². The molecule has 1 aromatic rings. The van der Waals surface area contributed by atoms with Crippen molar-refractivity contribution in [3.8, 4) is 0 Å². The third kappa shape index (κ3) is 4.79. The molecule has 1 aromatic heterocycles. The number of rotatable bonds is 5. The fraction of sp³-hybridized carbons (Fsp3) is 0.667. The van der Waals surface area contributed by atoms with E-state index < -0.39 is 0 Å². The van der Waals surface area contributed by atoms with Crippen LogP contribution in [0.5, 0.6) is 0 Å². The third-order valence-electron chi connectivity index (χ3n) is 2.97. The Kier molecular flexibility index (Phi) is 5.48. The van der Waals surface area contributed by atoms with E-state index in [0.717, 1.165) is 6.42 Å². The normalized spacial score (nSPS) is 11.6. The molecule has 0 aliphatic carbocycles. The number of nitrogens with zero attached hydrogens (tertiary/aromatic N) is 2. The number of hydrogen-bond donors (Lipinski definition) is 2. The summed E-state index contributed by atoms with van der Waals surface area (Å²) >= 11 is 0. The standard InChI is InChI=1S/C15H26N4O/c1-10(2)13-18-9-11(16-6)12(19-13)14(20)17-8-7-15(3,4)5/h9-10,16H,7-8H2,1-6H3,(H,17,20). The smallest absolute Gasteiger partial charge is 0.272 e. The number of aromatic nitrogens is 2. The Hall–Kier alpha value is -1.65. The van der Waals surface area contributed by atoms with E-state index in [1.54, 1.807) is 13.2 Å². The number of amides is 1. The largest absolute Gasteiger partial charge is 0.385 e. The predicted molar refractivity (Wildman–Crippen MR) is 82.1 cm³/mol. The highest BCUT2D eigenvalue weighted by atomic mass is 16.1. The molecular formula is C15H26N4O. The fourth-order valence-corrected chi connectivity index (χ4v) is 1.66. The number of anilines is 1. The molecule has 0 saturated heterocycles. The Balaban J connectivity index is 2.82. The zero-order chi connectivity index (χ0) is 15.3. The number of carbonyl (C=O) groups is 1. The van der Waals surface area contributed by atoms with Crippen molar-refractivity contribution in [1.29, 1.82) is 0 Å². The molecule has 0 atom stereocenters. The van der Waals surface area contributed by atoms with E-state index >= 15 is 0 Å². The van der Waals surface area contributed by atoms with Crippen LogP contribution in [0.4, 0.5) is 5.69 Å². The van der Waals surface area contributed by atoms with Gasteiger partial charge in [-0.25, -0.2) is 9.97 Å². The van der Waals surface area contributed by atoms with Gasteiger partial charge >= 0.3 is 0 Å². The summed E-state index contributed by atoms with van der Waals surface area (Å²) in [6.07, 6.45) is 2.59. The van der Waals surface area contributed by atoms with E-state index in [-0.39, 0.29) is 17.2 Å². The lowest BCUT2D eigenvalue weighted by molar-refractivity contribution is 0.0945. The molecular weight excluding hydrogens is 252 g/mol. The first-order valence-electron chi connectivity index (χ1n) is 7.07. The molecule has 0 bridgehead atoms. The highest BCUT2D eigenvalue weighted by Gasteiger charge is 2.17. The van der Waals surface area contributed by atoms with Crippen molar-refractivity contribution in [2.75, 3.05) is 18.9 Å². The predicted octanol–water partition coefficient (Wildman–Crippen LogP) is 2.81. The molecule has 0 saturated carbocycles. The van der Waals surface area contributed by atoms with Gasteiger partial charge < -0.3 is 10.6 Å². The van der Waals surface area contributed by atoms with Gasteiger partial charge in [0.2, 0.25) is 0 Å². The lowest BCUT2D eigenvalue weighted by Crippen LogP contribution is -2.29. The second kappa shape index (κ2) is 6.68. The molecule has 0 unspecified atom stereocenters. The van der Waals surface area contributed by atoms with Gasteiger partial charge in [-0.1, -0.05) is 34.6 Å². The van der Waals surface area contributed by atoms with Crippen molar-refractivity contribution >= 4 is 11.6 Å². The minimum Gasteiger partial charge on any atom is -0.385 e. The zero-order valence-corrected chi connectivity index (χ0v) is 13.4. The van der Waals surface area contributed by atoms with Gasteiger partial charge in [0.15, 0.2) is 5.69 Å². The first-order chi connectivity index (χ1) is 9.24. The lowest BCUT2D eigenvalue weighted by Gasteiger charge is -2.18. The molecule has 0 aliphatic heterocycles. The van der Waals surface area contributed by atoms with Gasteiger partial charge in [-0.3, -0.25) is 4.79 Å². The van der Waals surface area contributed by atoms with E-state index in [0.29, 0.717) is 23.8 Å².